The molecule has 1 aliphatic heterocycles. The van der Waals surface area contributed by atoms with Crippen LogP contribution in [0.1, 0.15) is 24.1 Å². The molecule has 2 heterocycles. The summed E-state index contributed by atoms with van der Waals surface area (Å²) in [6, 6.07) is 27.2. The van der Waals surface area contributed by atoms with Gasteiger partial charge in [0.25, 0.3) is 5.91 Å². The minimum atomic E-state index is -0.151. The Balaban J connectivity index is 1.54. The quantitative estimate of drug-likeness (QED) is 0.215. The molecule has 1 fully saturated rings. The largest absolute Gasteiger partial charge is 0.286 e. The van der Waals surface area contributed by atoms with Gasteiger partial charge in [0.2, 0.25) is 0 Å². The molecule has 0 unspecified atom stereocenters. The Bertz CT molecular complexity index is 1380. The monoisotopic (exact) mass is 501 g/mol. The van der Waals surface area contributed by atoms with Crippen LogP contribution in [0.3, 0.4) is 0 Å². The smallest absolute Gasteiger partial charge is 0.266 e. The van der Waals surface area contributed by atoms with Crippen molar-refractivity contribution in [2.75, 3.05) is 0 Å². The molecule has 1 saturated heterocycles. The zero-order valence-electron chi connectivity index (χ0n) is 18.3. The molecule has 5 rings (SSSR count). The molecule has 0 spiro atoms. The molecule has 168 valence electrons. The number of nitrogens with zero attached hydrogens (tertiary/aromatic N) is 3. The third-order valence-corrected chi connectivity index (χ3v) is 7.24. The normalized spacial score (nSPS) is 15.8. The lowest BCUT2D eigenvalue weighted by Gasteiger charge is -2.23. The number of amides is 1. The van der Waals surface area contributed by atoms with E-state index in [-0.39, 0.29) is 11.9 Å². The molecule has 0 N–H and O–H groups in total. The maximum atomic E-state index is 13.4. The van der Waals surface area contributed by atoms with Crippen molar-refractivity contribution in [2.45, 2.75) is 13.0 Å². The first-order valence-corrected chi connectivity index (χ1v) is 12.3. The van der Waals surface area contributed by atoms with Gasteiger partial charge in [-0.1, -0.05) is 96.2 Å². The first-order valence-electron chi connectivity index (χ1n) is 10.7. The Hall–Kier alpha value is -3.19. The van der Waals surface area contributed by atoms with Crippen LogP contribution >= 0.6 is 35.6 Å². The molecule has 4 nitrogen and oxygen atoms in total. The number of halogens is 1. The standard InChI is InChI=1S/C27H20ClN3OS2/c1-18(19-8-4-2-5-9-19)31-26(32)24(34-27(31)33)16-21-17-30(23-10-6-3-7-11-23)29-25(21)20-12-14-22(28)15-13-20/h2-18H,1H3/b24-16-/t18-/m1/s1. The van der Waals surface area contributed by atoms with Gasteiger partial charge < -0.3 is 0 Å². The van der Waals surface area contributed by atoms with E-state index in [1.165, 1.54) is 11.8 Å². The number of para-hydroxylation sites is 1. The van der Waals surface area contributed by atoms with Crippen LogP contribution in [0, 0.1) is 0 Å². The van der Waals surface area contributed by atoms with E-state index in [1.54, 1.807) is 4.90 Å². The van der Waals surface area contributed by atoms with Crippen LogP contribution in [-0.2, 0) is 4.79 Å². The Kier molecular flexibility index (Phi) is 6.37. The van der Waals surface area contributed by atoms with Gasteiger partial charge >= 0.3 is 0 Å². The van der Waals surface area contributed by atoms with E-state index in [2.05, 4.69) is 0 Å². The Morgan fingerprint density at radius 2 is 1.62 bits per heavy atom. The van der Waals surface area contributed by atoms with Gasteiger partial charge in [0.15, 0.2) is 0 Å². The topological polar surface area (TPSA) is 38.1 Å². The Morgan fingerprint density at radius 3 is 2.29 bits per heavy atom. The molecule has 7 heteroatoms. The molecule has 0 radical (unpaired) electrons. The first kappa shape index (κ1) is 22.6. The molecule has 1 aromatic heterocycles. The lowest BCUT2D eigenvalue weighted by Crippen LogP contribution is -2.30. The summed E-state index contributed by atoms with van der Waals surface area (Å²) in [6.45, 7) is 2.00. The van der Waals surface area contributed by atoms with Crippen LogP contribution in [0.2, 0.25) is 5.02 Å². The van der Waals surface area contributed by atoms with Gasteiger partial charge in [0.05, 0.1) is 22.3 Å². The van der Waals surface area contributed by atoms with E-state index in [1.807, 2.05) is 109 Å². The van der Waals surface area contributed by atoms with Gasteiger partial charge in [-0.15, -0.1) is 0 Å². The Morgan fingerprint density at radius 1 is 0.971 bits per heavy atom. The summed E-state index contributed by atoms with van der Waals surface area (Å²) in [4.78, 5) is 15.7. The van der Waals surface area contributed by atoms with Crippen LogP contribution < -0.4 is 0 Å². The predicted octanol–water partition coefficient (Wildman–Crippen LogP) is 7.16. The Labute approximate surface area is 212 Å². The minimum absolute atomic E-state index is 0.0964. The molecule has 1 amide bonds. The molecular formula is C27H20ClN3OS2. The number of thioether (sulfide) groups is 1. The molecule has 1 aliphatic rings. The highest BCUT2D eigenvalue weighted by Gasteiger charge is 2.36. The summed E-state index contributed by atoms with van der Waals surface area (Å²) in [5.41, 5.74) is 4.49. The van der Waals surface area contributed by atoms with Gasteiger partial charge in [-0.05, 0) is 42.8 Å². The van der Waals surface area contributed by atoms with Gasteiger partial charge in [-0.3, -0.25) is 9.69 Å². The summed E-state index contributed by atoms with van der Waals surface area (Å²) in [5.74, 6) is -0.0964. The fraction of sp³-hybridized carbons (Fsp3) is 0.0741. The fourth-order valence-electron chi connectivity index (χ4n) is 3.87. The number of thiocarbonyl (C=S) groups is 1. The number of carbonyl (C=O) groups excluding carboxylic acids is 1. The summed E-state index contributed by atoms with van der Waals surface area (Å²) in [6.07, 6.45) is 3.82. The number of hydrogen-bond acceptors (Lipinski definition) is 4. The second-order valence-corrected chi connectivity index (χ2v) is 9.97. The molecule has 0 saturated carbocycles. The highest BCUT2D eigenvalue weighted by atomic mass is 35.5. The van der Waals surface area contributed by atoms with Gasteiger partial charge in [-0.25, -0.2) is 4.68 Å². The van der Waals surface area contributed by atoms with Crippen molar-refractivity contribution in [3.05, 3.63) is 112 Å². The number of hydrogen-bond donors (Lipinski definition) is 0. The van der Waals surface area contributed by atoms with E-state index in [9.17, 15) is 4.79 Å². The molecule has 3 aromatic carbocycles. The van der Waals surface area contributed by atoms with Crippen LogP contribution in [0.25, 0.3) is 23.0 Å². The maximum absolute atomic E-state index is 13.4. The summed E-state index contributed by atoms with van der Waals surface area (Å²) in [5, 5.41) is 5.49. The number of carbonyl (C=O) groups is 1. The van der Waals surface area contributed by atoms with Crippen LogP contribution in [0.15, 0.2) is 96.0 Å². The van der Waals surface area contributed by atoms with E-state index >= 15 is 0 Å². The van der Waals surface area contributed by atoms with Crippen molar-refractivity contribution in [1.29, 1.82) is 0 Å². The van der Waals surface area contributed by atoms with Crippen molar-refractivity contribution < 1.29 is 4.79 Å². The highest BCUT2D eigenvalue weighted by Crippen LogP contribution is 2.39. The SMILES string of the molecule is C[C@H](c1ccccc1)N1C(=O)/C(=C/c2cn(-c3ccccc3)nc2-c2ccc(Cl)cc2)SC1=S. The molecule has 0 aliphatic carbocycles. The van der Waals surface area contributed by atoms with Crippen molar-refractivity contribution >= 4 is 51.9 Å². The second kappa shape index (κ2) is 9.58. The summed E-state index contributed by atoms with van der Waals surface area (Å²) < 4.78 is 2.37. The van der Waals surface area contributed by atoms with E-state index in [0.717, 1.165) is 28.1 Å². The van der Waals surface area contributed by atoms with Crippen LogP contribution in [0.5, 0.6) is 0 Å². The zero-order chi connectivity index (χ0) is 23.7. The zero-order valence-corrected chi connectivity index (χ0v) is 20.6. The third kappa shape index (κ3) is 4.44. The van der Waals surface area contributed by atoms with Crippen molar-refractivity contribution in [3.8, 4) is 16.9 Å². The van der Waals surface area contributed by atoms with Crippen LogP contribution in [0.4, 0.5) is 0 Å². The maximum Gasteiger partial charge on any atom is 0.266 e. The molecular weight excluding hydrogens is 482 g/mol. The molecule has 4 aromatic rings. The molecule has 0 bridgehead atoms. The fourth-order valence-corrected chi connectivity index (χ4v) is 5.41. The predicted molar refractivity (Wildman–Crippen MR) is 144 cm³/mol. The van der Waals surface area contributed by atoms with Crippen LogP contribution in [-0.4, -0.2) is 24.9 Å². The van der Waals surface area contributed by atoms with Crippen molar-refractivity contribution in [1.82, 2.24) is 14.7 Å². The first-order chi connectivity index (χ1) is 16.5. The molecule has 1 atom stereocenters. The van der Waals surface area contributed by atoms with Crippen molar-refractivity contribution in [3.63, 3.8) is 0 Å². The van der Waals surface area contributed by atoms with E-state index in [4.69, 9.17) is 28.9 Å². The van der Waals surface area contributed by atoms with Gasteiger partial charge in [-0.2, -0.15) is 5.10 Å². The summed E-state index contributed by atoms with van der Waals surface area (Å²) >= 11 is 13.0. The average Bonchev–Trinajstić information content (AvgIpc) is 3.41. The second-order valence-electron chi connectivity index (χ2n) is 7.86. The third-order valence-electron chi connectivity index (χ3n) is 5.66. The summed E-state index contributed by atoms with van der Waals surface area (Å²) in [7, 11) is 0. The highest BCUT2D eigenvalue weighted by molar-refractivity contribution is 8.26. The molecule has 34 heavy (non-hydrogen) atoms. The van der Waals surface area contributed by atoms with E-state index < -0.39 is 0 Å². The average molecular weight is 502 g/mol. The number of rotatable bonds is 5. The van der Waals surface area contributed by atoms with Gasteiger partial charge in [0.1, 0.15) is 4.32 Å². The van der Waals surface area contributed by atoms with Gasteiger partial charge in [0, 0.05) is 22.3 Å². The van der Waals surface area contributed by atoms with E-state index in [0.29, 0.717) is 14.2 Å². The number of benzene rings is 3. The van der Waals surface area contributed by atoms with Crippen molar-refractivity contribution in [2.24, 2.45) is 0 Å². The lowest BCUT2D eigenvalue weighted by atomic mass is 10.1. The number of aromatic nitrogens is 2. The lowest BCUT2D eigenvalue weighted by molar-refractivity contribution is -0.123. The minimum Gasteiger partial charge on any atom is -0.286 e.